The lowest BCUT2D eigenvalue weighted by Gasteiger charge is -2.39. The van der Waals surface area contributed by atoms with Gasteiger partial charge in [0.1, 0.15) is 0 Å². The van der Waals surface area contributed by atoms with Crippen LogP contribution in [-0.4, -0.2) is 44.3 Å². The lowest BCUT2D eigenvalue weighted by atomic mass is 9.92. The zero-order valence-corrected chi connectivity index (χ0v) is 11.1. The molecular formula is C13H28N2O. The zero-order chi connectivity index (χ0) is 12.0. The maximum Gasteiger partial charge on any atom is 0.0491 e. The molecule has 2 unspecified atom stereocenters. The number of rotatable bonds is 6. The highest BCUT2D eigenvalue weighted by atomic mass is 16.5. The van der Waals surface area contributed by atoms with Crippen LogP contribution < -0.4 is 5.73 Å². The van der Waals surface area contributed by atoms with Crippen LogP contribution in [0.2, 0.25) is 0 Å². The van der Waals surface area contributed by atoms with Crippen LogP contribution in [0.4, 0.5) is 0 Å². The molecule has 0 aliphatic carbocycles. The molecule has 2 atom stereocenters. The Hall–Kier alpha value is -0.120. The lowest BCUT2D eigenvalue weighted by molar-refractivity contribution is 0.0658. The molecule has 1 saturated heterocycles. The summed E-state index contributed by atoms with van der Waals surface area (Å²) in [6, 6.07) is 0.577. The van der Waals surface area contributed by atoms with Crippen molar-refractivity contribution in [2.24, 2.45) is 17.6 Å². The predicted octanol–water partition coefficient (Wildman–Crippen LogP) is 1.72. The van der Waals surface area contributed by atoms with Gasteiger partial charge < -0.3 is 10.5 Å². The Balaban J connectivity index is 2.38. The Labute approximate surface area is 100 Å². The van der Waals surface area contributed by atoms with Gasteiger partial charge in [0.2, 0.25) is 0 Å². The summed E-state index contributed by atoms with van der Waals surface area (Å²) in [5.41, 5.74) is 5.91. The number of nitrogens with two attached hydrogens (primary N) is 1. The molecule has 1 aliphatic rings. The molecule has 1 aliphatic heterocycles. The molecule has 0 amide bonds. The smallest absolute Gasteiger partial charge is 0.0491 e. The minimum atomic E-state index is 0.577. The van der Waals surface area contributed by atoms with Crippen LogP contribution >= 0.6 is 0 Å². The van der Waals surface area contributed by atoms with Crippen molar-refractivity contribution in [2.75, 3.05) is 33.4 Å². The van der Waals surface area contributed by atoms with Crippen LogP contribution in [0.25, 0.3) is 0 Å². The van der Waals surface area contributed by atoms with Crippen molar-refractivity contribution >= 4 is 0 Å². The van der Waals surface area contributed by atoms with Gasteiger partial charge in [-0.3, -0.25) is 4.90 Å². The van der Waals surface area contributed by atoms with E-state index in [-0.39, 0.29) is 0 Å². The fraction of sp³-hybridized carbons (Fsp3) is 1.00. The zero-order valence-electron chi connectivity index (χ0n) is 11.1. The van der Waals surface area contributed by atoms with E-state index < -0.39 is 0 Å². The van der Waals surface area contributed by atoms with Crippen LogP contribution in [0, 0.1) is 11.8 Å². The van der Waals surface area contributed by atoms with E-state index in [0.717, 1.165) is 19.1 Å². The van der Waals surface area contributed by atoms with Crippen molar-refractivity contribution in [1.29, 1.82) is 0 Å². The third kappa shape index (κ3) is 3.72. The third-order valence-electron chi connectivity index (χ3n) is 4.06. The number of nitrogens with zero attached hydrogens (tertiary/aromatic N) is 1. The number of likely N-dealkylation sites (tertiary alicyclic amines) is 1. The fourth-order valence-electron chi connectivity index (χ4n) is 2.70. The number of hydrogen-bond acceptors (Lipinski definition) is 3. The molecule has 0 aromatic rings. The quantitative estimate of drug-likeness (QED) is 0.752. The summed E-state index contributed by atoms with van der Waals surface area (Å²) >= 11 is 0. The first-order chi connectivity index (χ1) is 7.72. The molecule has 0 aromatic heterocycles. The summed E-state index contributed by atoms with van der Waals surface area (Å²) in [5, 5.41) is 0. The maximum absolute atomic E-state index is 5.91. The molecule has 2 N–H and O–H groups in total. The van der Waals surface area contributed by atoms with Gasteiger partial charge in [0, 0.05) is 26.3 Å². The van der Waals surface area contributed by atoms with Gasteiger partial charge in [-0.1, -0.05) is 20.3 Å². The Morgan fingerprint density at radius 1 is 1.38 bits per heavy atom. The monoisotopic (exact) mass is 228 g/mol. The van der Waals surface area contributed by atoms with Crippen molar-refractivity contribution in [3.8, 4) is 0 Å². The third-order valence-corrected chi connectivity index (χ3v) is 4.06. The van der Waals surface area contributed by atoms with Crippen molar-refractivity contribution in [2.45, 2.75) is 39.2 Å². The minimum absolute atomic E-state index is 0.577. The summed E-state index contributed by atoms with van der Waals surface area (Å²) in [5.74, 6) is 1.47. The van der Waals surface area contributed by atoms with Gasteiger partial charge in [0.15, 0.2) is 0 Å². The Kier molecular flexibility index (Phi) is 6.32. The first-order valence-corrected chi connectivity index (χ1v) is 6.65. The molecule has 0 radical (unpaired) electrons. The number of piperidine rings is 1. The molecule has 0 bridgehead atoms. The summed E-state index contributed by atoms with van der Waals surface area (Å²) in [4.78, 5) is 2.58. The number of hydrogen-bond donors (Lipinski definition) is 1. The van der Waals surface area contributed by atoms with Gasteiger partial charge in [-0.25, -0.2) is 0 Å². The molecule has 16 heavy (non-hydrogen) atoms. The number of methoxy groups -OCH3 is 1. The first kappa shape index (κ1) is 13.9. The number of ether oxygens (including phenoxy) is 1. The van der Waals surface area contributed by atoms with Crippen molar-refractivity contribution in [3.63, 3.8) is 0 Å². The molecular weight excluding hydrogens is 200 g/mol. The maximum atomic E-state index is 5.91. The molecule has 1 rings (SSSR count). The Bertz CT molecular complexity index is 179. The molecule has 3 nitrogen and oxygen atoms in total. The molecule has 3 heteroatoms. The Morgan fingerprint density at radius 3 is 2.44 bits per heavy atom. The predicted molar refractivity (Wildman–Crippen MR) is 68.5 cm³/mol. The van der Waals surface area contributed by atoms with E-state index in [9.17, 15) is 0 Å². The highest BCUT2D eigenvalue weighted by Gasteiger charge is 2.26. The standard InChI is InChI=1S/C13H28N2O/c1-4-11(2)13(9-14)15-7-5-12(6-8-15)10-16-3/h11-13H,4-10,14H2,1-3H3. The van der Waals surface area contributed by atoms with E-state index in [1.807, 2.05) is 0 Å². The molecule has 1 fully saturated rings. The van der Waals surface area contributed by atoms with Crippen LogP contribution in [0.5, 0.6) is 0 Å². The van der Waals surface area contributed by atoms with Crippen LogP contribution in [-0.2, 0) is 4.74 Å². The van der Waals surface area contributed by atoms with Gasteiger partial charge in [0.05, 0.1) is 0 Å². The molecule has 96 valence electrons. The Morgan fingerprint density at radius 2 is 2.00 bits per heavy atom. The second-order valence-electron chi connectivity index (χ2n) is 5.12. The van der Waals surface area contributed by atoms with Gasteiger partial charge in [-0.15, -0.1) is 0 Å². The van der Waals surface area contributed by atoms with Gasteiger partial charge in [-0.2, -0.15) is 0 Å². The fourth-order valence-corrected chi connectivity index (χ4v) is 2.70. The average molecular weight is 228 g/mol. The second-order valence-corrected chi connectivity index (χ2v) is 5.12. The van der Waals surface area contributed by atoms with E-state index in [0.29, 0.717) is 12.0 Å². The largest absolute Gasteiger partial charge is 0.384 e. The van der Waals surface area contributed by atoms with Gasteiger partial charge in [-0.05, 0) is 37.8 Å². The van der Waals surface area contributed by atoms with E-state index in [1.165, 1.54) is 32.4 Å². The summed E-state index contributed by atoms with van der Waals surface area (Å²) in [6.07, 6.45) is 3.75. The second kappa shape index (κ2) is 7.25. The summed E-state index contributed by atoms with van der Waals surface area (Å²) in [6.45, 7) is 8.68. The summed E-state index contributed by atoms with van der Waals surface area (Å²) in [7, 11) is 1.80. The van der Waals surface area contributed by atoms with Crippen molar-refractivity contribution in [1.82, 2.24) is 4.90 Å². The van der Waals surface area contributed by atoms with E-state index in [4.69, 9.17) is 10.5 Å². The first-order valence-electron chi connectivity index (χ1n) is 6.65. The highest BCUT2D eigenvalue weighted by molar-refractivity contribution is 4.81. The summed E-state index contributed by atoms with van der Waals surface area (Å²) < 4.78 is 5.23. The SMILES string of the molecule is CCC(C)C(CN)N1CCC(COC)CC1. The van der Waals surface area contributed by atoms with Crippen molar-refractivity contribution in [3.05, 3.63) is 0 Å². The molecule has 0 saturated carbocycles. The van der Waals surface area contributed by atoms with Gasteiger partial charge in [0.25, 0.3) is 0 Å². The minimum Gasteiger partial charge on any atom is -0.384 e. The van der Waals surface area contributed by atoms with Crippen LogP contribution in [0.15, 0.2) is 0 Å². The van der Waals surface area contributed by atoms with E-state index in [1.54, 1.807) is 7.11 Å². The van der Waals surface area contributed by atoms with Crippen molar-refractivity contribution < 1.29 is 4.74 Å². The average Bonchev–Trinajstić information content (AvgIpc) is 2.32. The molecule has 0 spiro atoms. The molecule has 0 aromatic carbocycles. The molecule has 1 heterocycles. The highest BCUT2D eigenvalue weighted by Crippen LogP contribution is 2.22. The van der Waals surface area contributed by atoms with Crippen LogP contribution in [0.3, 0.4) is 0 Å². The lowest BCUT2D eigenvalue weighted by Crippen LogP contribution is -2.48. The topological polar surface area (TPSA) is 38.5 Å². The van der Waals surface area contributed by atoms with E-state index >= 15 is 0 Å². The van der Waals surface area contributed by atoms with Gasteiger partial charge >= 0.3 is 0 Å². The van der Waals surface area contributed by atoms with E-state index in [2.05, 4.69) is 18.7 Å². The normalized spacial score (nSPS) is 23.2. The van der Waals surface area contributed by atoms with Crippen LogP contribution in [0.1, 0.15) is 33.1 Å².